The molecule has 0 radical (unpaired) electrons. The van der Waals surface area contributed by atoms with E-state index in [9.17, 15) is 9.59 Å². The molecular weight excluding hydrogens is 304 g/mol. The number of carbonyl (C=O) groups excluding carboxylic acids is 2. The Bertz CT molecular complexity index is 470. The van der Waals surface area contributed by atoms with Crippen molar-refractivity contribution >= 4 is 27.7 Å². The summed E-state index contributed by atoms with van der Waals surface area (Å²) in [5.41, 5.74) is 0.628. The van der Waals surface area contributed by atoms with Gasteiger partial charge in [0.25, 0.3) is 0 Å². The SMILES string of the molecule is COC(=O)C(=O)Cc1cc(OC)c(OC)cc1Br. The molecule has 0 heterocycles. The second kappa shape index (κ2) is 6.39. The van der Waals surface area contributed by atoms with E-state index in [1.54, 1.807) is 12.1 Å². The van der Waals surface area contributed by atoms with Crippen molar-refractivity contribution in [3.8, 4) is 11.5 Å². The first-order valence-electron chi connectivity index (χ1n) is 5.05. The lowest BCUT2D eigenvalue weighted by Gasteiger charge is -2.11. The summed E-state index contributed by atoms with van der Waals surface area (Å²) in [4.78, 5) is 22.5. The molecule has 0 aliphatic carbocycles. The maximum Gasteiger partial charge on any atom is 0.374 e. The second-order valence-corrected chi connectivity index (χ2v) is 4.24. The van der Waals surface area contributed by atoms with Crippen LogP contribution in [0.5, 0.6) is 11.5 Å². The van der Waals surface area contributed by atoms with Gasteiger partial charge in [-0.2, -0.15) is 0 Å². The molecular formula is C12H13BrO5. The fraction of sp³-hybridized carbons (Fsp3) is 0.333. The third-order valence-corrected chi connectivity index (χ3v) is 3.05. The van der Waals surface area contributed by atoms with Crippen molar-refractivity contribution in [1.29, 1.82) is 0 Å². The molecule has 1 aromatic rings. The maximum absolute atomic E-state index is 11.5. The number of esters is 1. The fourth-order valence-corrected chi connectivity index (χ4v) is 1.85. The lowest BCUT2D eigenvalue weighted by atomic mass is 10.1. The van der Waals surface area contributed by atoms with Crippen LogP contribution in [0.2, 0.25) is 0 Å². The zero-order valence-corrected chi connectivity index (χ0v) is 11.9. The van der Waals surface area contributed by atoms with Crippen molar-refractivity contribution in [2.75, 3.05) is 21.3 Å². The highest BCUT2D eigenvalue weighted by molar-refractivity contribution is 9.10. The number of methoxy groups -OCH3 is 3. The molecule has 0 bridgehead atoms. The summed E-state index contributed by atoms with van der Waals surface area (Å²) in [6.45, 7) is 0. The Kier molecular flexibility index (Phi) is 5.15. The molecule has 0 aliphatic rings. The first-order chi connectivity index (χ1) is 8.53. The molecule has 18 heavy (non-hydrogen) atoms. The van der Waals surface area contributed by atoms with E-state index in [2.05, 4.69) is 20.7 Å². The standard InChI is InChI=1S/C12H13BrO5/c1-16-10-5-7(4-9(14)12(15)18-3)8(13)6-11(10)17-2/h5-6H,4H2,1-3H3. The summed E-state index contributed by atoms with van der Waals surface area (Å²) in [5, 5.41) is 0. The van der Waals surface area contributed by atoms with E-state index < -0.39 is 11.8 Å². The Morgan fingerprint density at radius 2 is 1.67 bits per heavy atom. The molecule has 0 aromatic heterocycles. The van der Waals surface area contributed by atoms with Gasteiger partial charge in [0.15, 0.2) is 11.5 Å². The van der Waals surface area contributed by atoms with Crippen molar-refractivity contribution in [1.82, 2.24) is 0 Å². The third-order valence-electron chi connectivity index (χ3n) is 2.32. The number of carbonyl (C=O) groups is 2. The quantitative estimate of drug-likeness (QED) is 0.612. The van der Waals surface area contributed by atoms with E-state index in [0.29, 0.717) is 21.5 Å². The number of rotatable bonds is 5. The van der Waals surface area contributed by atoms with Crippen LogP contribution in [-0.2, 0) is 20.7 Å². The minimum Gasteiger partial charge on any atom is -0.493 e. The summed E-state index contributed by atoms with van der Waals surface area (Å²) in [6.07, 6.45) is -0.0619. The van der Waals surface area contributed by atoms with Gasteiger partial charge in [-0.1, -0.05) is 15.9 Å². The van der Waals surface area contributed by atoms with Crippen LogP contribution in [0.25, 0.3) is 0 Å². The predicted octanol–water partition coefficient (Wildman–Crippen LogP) is 1.75. The highest BCUT2D eigenvalue weighted by Crippen LogP contribution is 2.33. The normalized spacial score (nSPS) is 9.78. The van der Waals surface area contributed by atoms with Crippen LogP contribution in [0.4, 0.5) is 0 Å². The van der Waals surface area contributed by atoms with Gasteiger partial charge in [0.05, 0.1) is 21.3 Å². The molecule has 0 fully saturated rings. The van der Waals surface area contributed by atoms with Gasteiger partial charge in [-0.05, 0) is 17.7 Å². The predicted molar refractivity (Wildman–Crippen MR) is 68.0 cm³/mol. The molecule has 0 N–H and O–H groups in total. The van der Waals surface area contributed by atoms with Crippen LogP contribution < -0.4 is 9.47 Å². The van der Waals surface area contributed by atoms with Gasteiger partial charge in [-0.15, -0.1) is 0 Å². The van der Waals surface area contributed by atoms with Crippen molar-refractivity contribution in [2.45, 2.75) is 6.42 Å². The van der Waals surface area contributed by atoms with E-state index in [1.165, 1.54) is 21.3 Å². The van der Waals surface area contributed by atoms with E-state index in [-0.39, 0.29) is 6.42 Å². The van der Waals surface area contributed by atoms with E-state index in [4.69, 9.17) is 9.47 Å². The average molecular weight is 317 g/mol. The van der Waals surface area contributed by atoms with Crippen molar-refractivity contribution < 1.29 is 23.8 Å². The summed E-state index contributed by atoms with van der Waals surface area (Å²) < 4.78 is 15.3. The van der Waals surface area contributed by atoms with Crippen LogP contribution in [0.1, 0.15) is 5.56 Å². The first kappa shape index (κ1) is 14.5. The van der Waals surface area contributed by atoms with Crippen LogP contribution >= 0.6 is 15.9 Å². The summed E-state index contributed by atoms with van der Waals surface area (Å²) in [6, 6.07) is 3.32. The first-order valence-corrected chi connectivity index (χ1v) is 5.84. The van der Waals surface area contributed by atoms with Crippen LogP contribution in [-0.4, -0.2) is 33.1 Å². The number of Topliss-reactive ketones (excluding diaryl/α,β-unsaturated/α-hetero) is 1. The Hall–Kier alpha value is -1.56. The van der Waals surface area contributed by atoms with Gasteiger partial charge >= 0.3 is 5.97 Å². The number of benzene rings is 1. The molecule has 1 aromatic carbocycles. The van der Waals surface area contributed by atoms with Gasteiger partial charge in [0, 0.05) is 10.9 Å². The Morgan fingerprint density at radius 1 is 1.11 bits per heavy atom. The van der Waals surface area contributed by atoms with Gasteiger partial charge in [0.1, 0.15) is 0 Å². The second-order valence-electron chi connectivity index (χ2n) is 3.39. The Labute approximate surface area is 113 Å². The number of hydrogen-bond acceptors (Lipinski definition) is 5. The summed E-state index contributed by atoms with van der Waals surface area (Å²) in [7, 11) is 4.19. The third kappa shape index (κ3) is 3.22. The highest BCUT2D eigenvalue weighted by Gasteiger charge is 2.18. The van der Waals surface area contributed by atoms with Gasteiger partial charge in [-0.25, -0.2) is 4.79 Å². The molecule has 0 unspecified atom stereocenters. The van der Waals surface area contributed by atoms with Crippen molar-refractivity contribution in [3.63, 3.8) is 0 Å². The Morgan fingerprint density at radius 3 is 2.17 bits per heavy atom. The average Bonchev–Trinajstić information content (AvgIpc) is 2.39. The highest BCUT2D eigenvalue weighted by atomic mass is 79.9. The zero-order valence-electron chi connectivity index (χ0n) is 10.3. The molecule has 6 heteroatoms. The van der Waals surface area contributed by atoms with Gasteiger partial charge in [0.2, 0.25) is 5.78 Å². The largest absolute Gasteiger partial charge is 0.493 e. The molecule has 0 aliphatic heterocycles. The van der Waals surface area contributed by atoms with E-state index in [0.717, 1.165) is 0 Å². The van der Waals surface area contributed by atoms with E-state index >= 15 is 0 Å². The monoisotopic (exact) mass is 316 g/mol. The summed E-state index contributed by atoms with van der Waals surface area (Å²) in [5.74, 6) is -0.450. The van der Waals surface area contributed by atoms with Crippen LogP contribution in [0, 0.1) is 0 Å². The molecule has 0 saturated heterocycles. The number of ketones is 1. The molecule has 5 nitrogen and oxygen atoms in total. The van der Waals surface area contributed by atoms with Gasteiger partial charge < -0.3 is 14.2 Å². The molecule has 0 amide bonds. The zero-order chi connectivity index (χ0) is 13.7. The van der Waals surface area contributed by atoms with E-state index in [1.807, 2.05) is 0 Å². The van der Waals surface area contributed by atoms with Gasteiger partial charge in [-0.3, -0.25) is 4.79 Å². The van der Waals surface area contributed by atoms with Crippen LogP contribution in [0.15, 0.2) is 16.6 Å². The maximum atomic E-state index is 11.5. The number of hydrogen-bond donors (Lipinski definition) is 0. The molecule has 98 valence electrons. The van der Waals surface area contributed by atoms with Crippen LogP contribution in [0.3, 0.4) is 0 Å². The molecule has 0 saturated carbocycles. The minimum atomic E-state index is -0.864. The fourth-order valence-electron chi connectivity index (χ4n) is 1.39. The lowest BCUT2D eigenvalue weighted by Crippen LogP contribution is -2.18. The smallest absolute Gasteiger partial charge is 0.374 e. The molecule has 1 rings (SSSR count). The lowest BCUT2D eigenvalue weighted by molar-refractivity contribution is -0.151. The topological polar surface area (TPSA) is 61.8 Å². The summed E-state index contributed by atoms with van der Waals surface area (Å²) >= 11 is 3.31. The Balaban J connectivity index is 3.03. The number of ether oxygens (including phenoxy) is 3. The number of halogens is 1. The molecule has 0 spiro atoms. The minimum absolute atomic E-state index is 0.0619. The molecule has 0 atom stereocenters. The van der Waals surface area contributed by atoms with Crippen molar-refractivity contribution in [2.24, 2.45) is 0 Å². The van der Waals surface area contributed by atoms with Crippen molar-refractivity contribution in [3.05, 3.63) is 22.2 Å².